The zero-order valence-electron chi connectivity index (χ0n) is 10.8. The fraction of sp³-hybridized carbons (Fsp3) is 0.727. The number of nitrogens with one attached hydrogen (secondary N) is 1. The van der Waals surface area contributed by atoms with Gasteiger partial charge in [-0.3, -0.25) is 9.59 Å². The second-order valence-electron chi connectivity index (χ2n) is 4.48. The molecule has 0 aromatic rings. The summed E-state index contributed by atoms with van der Waals surface area (Å²) in [5.74, 6) is -1.15. The van der Waals surface area contributed by atoms with E-state index in [1.165, 1.54) is 0 Å². The topological polar surface area (TPSA) is 116 Å². The van der Waals surface area contributed by atoms with Gasteiger partial charge in [-0.25, -0.2) is 0 Å². The molecular formula is C11H19N3O3S. The van der Waals surface area contributed by atoms with Crippen molar-refractivity contribution in [2.75, 3.05) is 11.5 Å². The van der Waals surface area contributed by atoms with Crippen molar-refractivity contribution < 1.29 is 14.7 Å². The number of amides is 1. The highest BCUT2D eigenvalue weighted by Crippen LogP contribution is 2.15. The average molecular weight is 273 g/mol. The van der Waals surface area contributed by atoms with Gasteiger partial charge in [0.05, 0.1) is 11.8 Å². The molecule has 0 aromatic carbocycles. The Balaban J connectivity index is 4.14. The van der Waals surface area contributed by atoms with E-state index in [0.717, 1.165) is 11.8 Å². The minimum absolute atomic E-state index is 0.0160. The molecule has 2 atom stereocenters. The molecule has 0 bridgehead atoms. The van der Waals surface area contributed by atoms with Gasteiger partial charge in [-0.1, -0.05) is 13.8 Å². The second-order valence-corrected chi connectivity index (χ2v) is 5.51. The molecule has 7 heteroatoms. The van der Waals surface area contributed by atoms with Gasteiger partial charge in [0.15, 0.2) is 0 Å². The highest BCUT2D eigenvalue weighted by molar-refractivity contribution is 8.00. The zero-order chi connectivity index (χ0) is 14.3. The molecule has 102 valence electrons. The number of carbonyl (C=O) groups is 2. The average Bonchev–Trinajstić information content (AvgIpc) is 2.28. The molecule has 1 unspecified atom stereocenters. The summed E-state index contributed by atoms with van der Waals surface area (Å²) in [6.07, 6.45) is 0. The lowest BCUT2D eigenvalue weighted by Crippen LogP contribution is -2.49. The fourth-order valence-electron chi connectivity index (χ4n) is 0.977. The first-order chi connectivity index (χ1) is 8.23. The predicted octanol–water partition coefficient (Wildman–Crippen LogP) is 0.186. The summed E-state index contributed by atoms with van der Waals surface area (Å²) in [5, 5.41) is 20.2. The first kappa shape index (κ1) is 16.7. The maximum atomic E-state index is 11.6. The van der Waals surface area contributed by atoms with E-state index in [2.05, 4.69) is 11.4 Å². The number of nitrogens with zero attached hydrogens (tertiary/aromatic N) is 1. The van der Waals surface area contributed by atoms with Crippen molar-refractivity contribution in [3.8, 4) is 6.07 Å². The second kappa shape index (κ2) is 7.24. The monoisotopic (exact) mass is 273 g/mol. The molecular weight excluding hydrogens is 254 g/mol. The van der Waals surface area contributed by atoms with Crippen LogP contribution in [0.25, 0.3) is 0 Å². The van der Waals surface area contributed by atoms with Gasteiger partial charge < -0.3 is 16.2 Å². The third kappa shape index (κ3) is 5.38. The first-order valence-electron chi connectivity index (χ1n) is 5.51. The molecule has 0 aliphatic heterocycles. The zero-order valence-corrected chi connectivity index (χ0v) is 11.6. The van der Waals surface area contributed by atoms with Gasteiger partial charge in [0.25, 0.3) is 0 Å². The molecule has 0 saturated heterocycles. The number of carboxylic acid groups (broad SMARTS) is 1. The Labute approximate surface area is 111 Å². The molecule has 6 nitrogen and oxygen atoms in total. The lowest BCUT2D eigenvalue weighted by Gasteiger charge is -2.27. The van der Waals surface area contributed by atoms with Crippen LogP contribution >= 0.6 is 11.8 Å². The quantitative estimate of drug-likeness (QED) is 0.609. The third-order valence-electron chi connectivity index (χ3n) is 2.63. The maximum Gasteiger partial charge on any atom is 0.321 e. The van der Waals surface area contributed by atoms with Gasteiger partial charge in [0.1, 0.15) is 11.6 Å². The fourth-order valence-corrected chi connectivity index (χ4v) is 1.75. The summed E-state index contributed by atoms with van der Waals surface area (Å²) in [6.45, 7) is 5.34. The van der Waals surface area contributed by atoms with Crippen molar-refractivity contribution >= 4 is 23.6 Å². The number of aliphatic carboxylic acids is 1. The predicted molar refractivity (Wildman–Crippen MR) is 69.9 cm³/mol. The highest BCUT2D eigenvalue weighted by atomic mass is 32.2. The van der Waals surface area contributed by atoms with Crippen LogP contribution in [-0.4, -0.2) is 40.1 Å². The Bertz CT molecular complexity index is 354. The lowest BCUT2D eigenvalue weighted by atomic mass is 9.90. The molecule has 4 N–H and O–H groups in total. The minimum Gasteiger partial charge on any atom is -0.480 e. The van der Waals surface area contributed by atoms with Gasteiger partial charge in [-0.2, -0.15) is 5.26 Å². The van der Waals surface area contributed by atoms with Crippen LogP contribution in [-0.2, 0) is 9.59 Å². The van der Waals surface area contributed by atoms with E-state index in [1.807, 2.05) is 13.8 Å². The molecule has 0 aliphatic rings. The van der Waals surface area contributed by atoms with E-state index >= 15 is 0 Å². The van der Waals surface area contributed by atoms with E-state index in [1.54, 1.807) is 6.92 Å². The summed E-state index contributed by atoms with van der Waals surface area (Å²) in [4.78, 5) is 22.1. The largest absolute Gasteiger partial charge is 0.480 e. The number of nitrogens with two attached hydrogens (primary N) is 1. The molecule has 0 saturated carbocycles. The Morgan fingerprint density at radius 3 is 2.50 bits per heavy atom. The molecule has 0 spiro atoms. The van der Waals surface area contributed by atoms with E-state index in [4.69, 9.17) is 16.1 Å². The van der Waals surface area contributed by atoms with Crippen LogP contribution in [0.4, 0.5) is 0 Å². The molecule has 0 fully saturated rings. The van der Waals surface area contributed by atoms with E-state index in [-0.39, 0.29) is 23.3 Å². The molecule has 0 radical (unpaired) electrons. The van der Waals surface area contributed by atoms with Crippen LogP contribution in [0.5, 0.6) is 0 Å². The van der Waals surface area contributed by atoms with Gasteiger partial charge >= 0.3 is 5.97 Å². The smallest absolute Gasteiger partial charge is 0.321 e. The number of carboxylic acids is 1. The van der Waals surface area contributed by atoms with Gasteiger partial charge in [0.2, 0.25) is 5.91 Å². The number of hydrogen-bond donors (Lipinski definition) is 3. The SMILES string of the molecule is CC(C)C(C)(C#N)NC(=O)CSC[C@@H](N)C(=O)O. The van der Waals surface area contributed by atoms with Crippen molar-refractivity contribution in [2.45, 2.75) is 32.4 Å². The standard InChI is InChI=1S/C11H19N3O3S/c1-7(2)11(3,6-12)14-9(15)5-18-4-8(13)10(16)17/h7-8H,4-5,13H2,1-3H3,(H,14,15)(H,16,17)/t8-,11?/m1/s1. The van der Waals surface area contributed by atoms with Crippen molar-refractivity contribution in [1.29, 1.82) is 5.26 Å². The van der Waals surface area contributed by atoms with Crippen LogP contribution in [0.15, 0.2) is 0 Å². The van der Waals surface area contributed by atoms with Crippen molar-refractivity contribution in [2.24, 2.45) is 11.7 Å². The Morgan fingerprint density at radius 1 is 1.56 bits per heavy atom. The van der Waals surface area contributed by atoms with Crippen LogP contribution in [0, 0.1) is 17.2 Å². The Morgan fingerprint density at radius 2 is 2.11 bits per heavy atom. The van der Waals surface area contributed by atoms with E-state index < -0.39 is 17.6 Å². The molecule has 0 aromatic heterocycles. The summed E-state index contributed by atoms with van der Waals surface area (Å²) >= 11 is 1.13. The van der Waals surface area contributed by atoms with Crippen LogP contribution < -0.4 is 11.1 Å². The third-order valence-corrected chi connectivity index (χ3v) is 3.69. The number of thioether (sulfide) groups is 1. The van der Waals surface area contributed by atoms with Gasteiger partial charge in [-0.05, 0) is 12.8 Å². The highest BCUT2D eigenvalue weighted by Gasteiger charge is 2.29. The number of carbonyl (C=O) groups excluding carboxylic acids is 1. The number of nitriles is 1. The molecule has 0 heterocycles. The summed E-state index contributed by atoms with van der Waals surface area (Å²) in [5.41, 5.74) is 4.39. The molecule has 18 heavy (non-hydrogen) atoms. The number of rotatable bonds is 7. The molecule has 0 aliphatic carbocycles. The Kier molecular flexibility index (Phi) is 6.73. The van der Waals surface area contributed by atoms with Crippen LogP contribution in [0.3, 0.4) is 0 Å². The number of hydrogen-bond acceptors (Lipinski definition) is 5. The summed E-state index contributed by atoms with van der Waals surface area (Å²) < 4.78 is 0. The van der Waals surface area contributed by atoms with Crippen molar-refractivity contribution in [3.63, 3.8) is 0 Å². The normalized spacial score (nSPS) is 15.6. The van der Waals surface area contributed by atoms with E-state index in [0.29, 0.717) is 0 Å². The van der Waals surface area contributed by atoms with Gasteiger partial charge in [0, 0.05) is 5.75 Å². The van der Waals surface area contributed by atoms with Crippen LogP contribution in [0.1, 0.15) is 20.8 Å². The minimum atomic E-state index is -1.09. The van der Waals surface area contributed by atoms with Crippen LogP contribution in [0.2, 0.25) is 0 Å². The van der Waals surface area contributed by atoms with Gasteiger partial charge in [-0.15, -0.1) is 11.8 Å². The lowest BCUT2D eigenvalue weighted by molar-refractivity contribution is -0.138. The first-order valence-corrected chi connectivity index (χ1v) is 6.66. The van der Waals surface area contributed by atoms with Crippen molar-refractivity contribution in [3.05, 3.63) is 0 Å². The molecule has 0 rings (SSSR count). The maximum absolute atomic E-state index is 11.6. The van der Waals surface area contributed by atoms with E-state index in [9.17, 15) is 9.59 Å². The summed E-state index contributed by atoms with van der Waals surface area (Å²) in [7, 11) is 0. The van der Waals surface area contributed by atoms with Crippen molar-refractivity contribution in [1.82, 2.24) is 5.32 Å². The summed E-state index contributed by atoms with van der Waals surface area (Å²) in [6, 6.07) is 1.09. The Hall–Kier alpha value is -1.26. The molecule has 1 amide bonds.